The molecule has 1 aromatic carbocycles. The smallest absolute Gasteiger partial charge is 0.138 e. The maximum absolute atomic E-state index is 14.6. The number of halogens is 2. The van der Waals surface area contributed by atoms with Crippen LogP contribution < -0.4 is 5.32 Å². The van der Waals surface area contributed by atoms with Crippen molar-refractivity contribution in [3.8, 4) is 0 Å². The minimum absolute atomic E-state index is 0.171. The topological polar surface area (TPSA) is 50.7 Å². The number of hydrogen-bond acceptors (Lipinski definition) is 4. The van der Waals surface area contributed by atoms with Crippen LogP contribution in [0.4, 0.5) is 10.2 Å². The molecule has 0 spiro atoms. The number of nitrogens with one attached hydrogen (secondary N) is 1. The van der Waals surface area contributed by atoms with Gasteiger partial charge in [0.15, 0.2) is 0 Å². The Morgan fingerprint density at radius 1 is 1.29 bits per heavy atom. The average molecular weight is 345 g/mol. The fourth-order valence-corrected chi connectivity index (χ4v) is 2.88. The Hall–Kier alpha value is -2.27. The van der Waals surface area contributed by atoms with Crippen molar-refractivity contribution in [2.45, 2.75) is 33.2 Å². The first kappa shape index (κ1) is 16.6. The van der Waals surface area contributed by atoms with E-state index >= 15 is 0 Å². The van der Waals surface area contributed by atoms with Gasteiger partial charge in [-0.1, -0.05) is 36.7 Å². The summed E-state index contributed by atoms with van der Waals surface area (Å²) < 4.78 is 14.6. The summed E-state index contributed by atoms with van der Waals surface area (Å²) in [6.07, 6.45) is 2.27. The van der Waals surface area contributed by atoms with E-state index < -0.39 is 0 Å². The number of fused-ring (bicyclic) bond motifs is 1. The van der Waals surface area contributed by atoms with Gasteiger partial charge in [0.25, 0.3) is 0 Å². The van der Waals surface area contributed by atoms with Crippen molar-refractivity contribution in [1.82, 2.24) is 15.0 Å². The number of hydrogen-bond donors (Lipinski definition) is 1. The molecule has 1 N–H and O–H groups in total. The van der Waals surface area contributed by atoms with Crippen LogP contribution in [0.1, 0.15) is 36.8 Å². The zero-order chi connectivity index (χ0) is 17.3. The van der Waals surface area contributed by atoms with E-state index in [-0.39, 0.29) is 11.9 Å². The molecule has 0 aliphatic rings. The third-order valence-corrected chi connectivity index (χ3v) is 4.18. The molecular weight excluding hydrogens is 327 g/mol. The van der Waals surface area contributed by atoms with E-state index in [1.807, 2.05) is 26.8 Å². The van der Waals surface area contributed by atoms with E-state index in [2.05, 4.69) is 20.3 Å². The Morgan fingerprint density at radius 2 is 2.08 bits per heavy atom. The Bertz CT molecular complexity index is 898. The van der Waals surface area contributed by atoms with Crippen LogP contribution in [0, 0.1) is 12.7 Å². The number of rotatable bonds is 4. The van der Waals surface area contributed by atoms with Crippen molar-refractivity contribution < 1.29 is 4.39 Å². The molecule has 3 rings (SSSR count). The standard InChI is InChI=1S/C18H18ClFN4/c1-4-12-6-5-7-13(17(12)20)10(2)22-18-14-8-16(19)21-9-15(14)23-11(3)24-18/h5-10H,4H2,1-3H3,(H,22,23,24)/t10-/m1/s1. The van der Waals surface area contributed by atoms with E-state index in [1.54, 1.807) is 24.4 Å². The summed E-state index contributed by atoms with van der Waals surface area (Å²) in [5.41, 5.74) is 2.01. The van der Waals surface area contributed by atoms with Gasteiger partial charge in [-0.3, -0.25) is 0 Å². The minimum atomic E-state index is -0.249. The zero-order valence-corrected chi connectivity index (χ0v) is 14.5. The van der Waals surface area contributed by atoms with E-state index in [4.69, 9.17) is 11.6 Å². The fraction of sp³-hybridized carbons (Fsp3) is 0.278. The van der Waals surface area contributed by atoms with Gasteiger partial charge in [0.2, 0.25) is 0 Å². The highest BCUT2D eigenvalue weighted by atomic mass is 35.5. The number of aromatic nitrogens is 3. The molecule has 124 valence electrons. The summed E-state index contributed by atoms with van der Waals surface area (Å²) in [4.78, 5) is 12.9. The second kappa shape index (κ2) is 6.69. The largest absolute Gasteiger partial charge is 0.363 e. The second-order valence-corrected chi connectivity index (χ2v) is 6.07. The Morgan fingerprint density at radius 3 is 2.83 bits per heavy atom. The summed E-state index contributed by atoms with van der Waals surface area (Å²) in [5.74, 6) is 1.06. The zero-order valence-electron chi connectivity index (χ0n) is 13.8. The predicted molar refractivity (Wildman–Crippen MR) is 94.9 cm³/mol. The summed E-state index contributed by atoms with van der Waals surface area (Å²) in [5, 5.41) is 4.41. The lowest BCUT2D eigenvalue weighted by molar-refractivity contribution is 0.586. The van der Waals surface area contributed by atoms with E-state index in [9.17, 15) is 4.39 Å². The van der Waals surface area contributed by atoms with Crippen molar-refractivity contribution in [3.63, 3.8) is 0 Å². The maximum Gasteiger partial charge on any atom is 0.138 e. The van der Waals surface area contributed by atoms with Crippen LogP contribution in [0.15, 0.2) is 30.5 Å². The first-order valence-corrected chi connectivity index (χ1v) is 8.21. The maximum atomic E-state index is 14.6. The molecule has 0 aliphatic carbocycles. The van der Waals surface area contributed by atoms with Gasteiger partial charge < -0.3 is 5.32 Å². The van der Waals surface area contributed by atoms with Gasteiger partial charge in [0.1, 0.15) is 22.6 Å². The number of benzene rings is 1. The van der Waals surface area contributed by atoms with Crippen molar-refractivity contribution >= 4 is 28.3 Å². The Balaban J connectivity index is 2.02. The molecule has 0 bridgehead atoms. The van der Waals surface area contributed by atoms with Crippen LogP contribution in [-0.2, 0) is 6.42 Å². The molecule has 0 saturated carbocycles. The third-order valence-electron chi connectivity index (χ3n) is 3.97. The monoisotopic (exact) mass is 344 g/mol. The molecule has 24 heavy (non-hydrogen) atoms. The molecule has 0 saturated heterocycles. The van der Waals surface area contributed by atoms with Gasteiger partial charge in [-0.2, -0.15) is 0 Å². The van der Waals surface area contributed by atoms with Gasteiger partial charge in [0.05, 0.1) is 17.8 Å². The van der Waals surface area contributed by atoms with Crippen molar-refractivity contribution in [2.24, 2.45) is 0 Å². The molecule has 0 fully saturated rings. The first-order valence-electron chi connectivity index (χ1n) is 7.83. The summed E-state index contributed by atoms with van der Waals surface area (Å²) in [6.45, 7) is 5.66. The lowest BCUT2D eigenvalue weighted by Gasteiger charge is -2.18. The SMILES string of the molecule is CCc1cccc([C@@H](C)Nc2nc(C)nc3cnc(Cl)cc23)c1F. The molecule has 0 amide bonds. The fourth-order valence-electron chi connectivity index (χ4n) is 2.72. The second-order valence-electron chi connectivity index (χ2n) is 5.68. The molecule has 0 aliphatic heterocycles. The highest BCUT2D eigenvalue weighted by Gasteiger charge is 2.16. The van der Waals surface area contributed by atoms with Gasteiger partial charge in [0, 0.05) is 10.9 Å². The number of aryl methyl sites for hydroxylation is 2. The number of nitrogens with zero attached hydrogens (tertiary/aromatic N) is 3. The van der Waals surface area contributed by atoms with Crippen LogP contribution in [0.2, 0.25) is 5.15 Å². The van der Waals surface area contributed by atoms with Crippen molar-refractivity contribution in [2.75, 3.05) is 5.32 Å². The first-order chi connectivity index (χ1) is 11.5. The molecule has 0 radical (unpaired) electrons. The van der Waals surface area contributed by atoms with Crippen molar-refractivity contribution in [1.29, 1.82) is 0 Å². The summed E-state index contributed by atoms with van der Waals surface area (Å²) in [6, 6.07) is 6.93. The van der Waals surface area contributed by atoms with E-state index in [0.29, 0.717) is 39.9 Å². The van der Waals surface area contributed by atoms with Crippen LogP contribution in [0.25, 0.3) is 10.9 Å². The molecule has 4 nitrogen and oxygen atoms in total. The van der Waals surface area contributed by atoms with Gasteiger partial charge in [-0.25, -0.2) is 19.3 Å². The minimum Gasteiger partial charge on any atom is -0.363 e. The van der Waals surface area contributed by atoms with Crippen molar-refractivity contribution in [3.05, 3.63) is 58.4 Å². The van der Waals surface area contributed by atoms with E-state index in [1.165, 1.54) is 0 Å². The van der Waals surface area contributed by atoms with Crippen LogP contribution >= 0.6 is 11.6 Å². The van der Waals surface area contributed by atoms with Crippen LogP contribution in [-0.4, -0.2) is 15.0 Å². The van der Waals surface area contributed by atoms with Gasteiger partial charge >= 0.3 is 0 Å². The molecule has 2 aromatic heterocycles. The molecule has 1 atom stereocenters. The predicted octanol–water partition coefficient (Wildman–Crippen LogP) is 4.86. The normalized spacial score (nSPS) is 12.4. The summed E-state index contributed by atoms with van der Waals surface area (Å²) in [7, 11) is 0. The van der Waals surface area contributed by atoms with Crippen LogP contribution in [0.3, 0.4) is 0 Å². The lowest BCUT2D eigenvalue weighted by Crippen LogP contribution is -2.12. The van der Waals surface area contributed by atoms with Gasteiger partial charge in [-0.15, -0.1) is 0 Å². The Labute approximate surface area is 145 Å². The lowest BCUT2D eigenvalue weighted by atomic mass is 10.0. The third kappa shape index (κ3) is 3.17. The molecule has 0 unspecified atom stereocenters. The molecule has 6 heteroatoms. The molecule has 2 heterocycles. The highest BCUT2D eigenvalue weighted by Crippen LogP contribution is 2.28. The summed E-state index contributed by atoms with van der Waals surface area (Å²) >= 11 is 5.99. The average Bonchev–Trinajstić information content (AvgIpc) is 2.55. The quantitative estimate of drug-likeness (QED) is 0.686. The van der Waals surface area contributed by atoms with E-state index in [0.717, 1.165) is 5.39 Å². The molecular formula is C18H18ClFN4. The number of anilines is 1. The van der Waals surface area contributed by atoms with Crippen LogP contribution in [0.5, 0.6) is 0 Å². The number of pyridine rings is 1. The molecule has 3 aromatic rings. The highest BCUT2D eigenvalue weighted by molar-refractivity contribution is 6.30. The van der Waals surface area contributed by atoms with Gasteiger partial charge in [-0.05, 0) is 31.9 Å². The Kier molecular flexibility index (Phi) is 4.62.